The number of para-hydroxylation sites is 7. The summed E-state index contributed by atoms with van der Waals surface area (Å²) in [4.78, 5) is 0. The Bertz CT molecular complexity index is 3800. The Hall–Kier alpha value is -7.82. The fraction of sp³-hybridized carbons (Fsp3) is 0. The second-order valence-electron chi connectivity index (χ2n) is 15.2. The second kappa shape index (κ2) is 11.8. The van der Waals surface area contributed by atoms with Crippen LogP contribution in [0, 0.1) is 0 Å². The minimum Gasteiger partial charge on any atom is -0.456 e. The Labute approximate surface area is 332 Å². The maximum atomic E-state index is 6.78. The van der Waals surface area contributed by atoms with E-state index in [4.69, 9.17) is 8.83 Å². The number of benzene rings is 9. The predicted molar refractivity (Wildman–Crippen MR) is 241 cm³/mol. The summed E-state index contributed by atoms with van der Waals surface area (Å²) in [7, 11) is 0. The van der Waals surface area contributed by atoms with Gasteiger partial charge in [-0.05, 0) is 66.2 Å². The summed E-state index contributed by atoms with van der Waals surface area (Å²) in [5.74, 6) is 0. The van der Waals surface area contributed by atoms with Crippen molar-refractivity contribution < 1.29 is 8.83 Å². The molecule has 0 spiro atoms. The zero-order valence-corrected chi connectivity index (χ0v) is 31.2. The monoisotopic (exact) mass is 740 g/mol. The number of hydrogen-bond donors (Lipinski definition) is 0. The molecule has 0 aliphatic rings. The van der Waals surface area contributed by atoms with Crippen LogP contribution in [0.15, 0.2) is 203 Å². The molecule has 9 aromatic carbocycles. The summed E-state index contributed by atoms with van der Waals surface area (Å²) in [5, 5.41) is 9.23. The van der Waals surface area contributed by atoms with Gasteiger partial charge >= 0.3 is 0 Å². The lowest BCUT2D eigenvalue weighted by Crippen LogP contribution is -1.97. The van der Waals surface area contributed by atoms with Crippen molar-refractivity contribution in [2.75, 3.05) is 0 Å². The van der Waals surface area contributed by atoms with Crippen LogP contribution in [0.4, 0.5) is 0 Å². The minimum atomic E-state index is 0.880. The third-order valence-electron chi connectivity index (χ3n) is 12.1. The molecule has 0 saturated carbocycles. The summed E-state index contributed by atoms with van der Waals surface area (Å²) >= 11 is 0. The first-order valence-corrected chi connectivity index (χ1v) is 19.8. The highest BCUT2D eigenvalue weighted by Gasteiger charge is 2.25. The molecule has 0 aliphatic carbocycles. The first-order valence-electron chi connectivity index (χ1n) is 19.8. The molecular weight excluding hydrogens is 709 g/mol. The van der Waals surface area contributed by atoms with Gasteiger partial charge in [0.1, 0.15) is 22.3 Å². The number of hydrogen-bond acceptors (Lipinski definition) is 2. The fourth-order valence-electron chi connectivity index (χ4n) is 9.72. The van der Waals surface area contributed by atoms with Crippen LogP contribution >= 0.6 is 0 Å². The standard InChI is InChI=1S/C54H32N2O2/c1-2-14-33(15-3-1)55-46-25-9-5-19-42(46)52-47(55)30-29-38(41-22-13-21-40-36-17-6-11-27-49(36)58-54(40)41)51(52)43-23-12-20-39-35-16-4-8-24-45(35)56(53(39)43)34-28-31-50-44(32-34)37-18-7-10-26-48(37)57-50/h1-32H. The molecule has 58 heavy (non-hydrogen) atoms. The molecular formula is C54H32N2O2. The van der Waals surface area contributed by atoms with Gasteiger partial charge in [-0.2, -0.15) is 0 Å². The Morgan fingerprint density at radius 3 is 1.72 bits per heavy atom. The first-order chi connectivity index (χ1) is 28.8. The van der Waals surface area contributed by atoms with Gasteiger partial charge in [-0.3, -0.25) is 0 Å². The lowest BCUT2D eigenvalue weighted by molar-refractivity contribution is 0.669. The number of fused-ring (bicyclic) bond motifs is 12. The van der Waals surface area contributed by atoms with Crippen LogP contribution in [0.5, 0.6) is 0 Å². The SMILES string of the molecule is c1ccc(-n2c3ccccc3c3c(-c4cccc5c6ccccc6n(-c6ccc7oc8ccccc8c7c6)c45)c(-c4cccc5c4oc4ccccc45)ccc32)cc1. The lowest BCUT2D eigenvalue weighted by atomic mass is 9.88. The predicted octanol–water partition coefficient (Wildman–Crippen LogP) is 15.0. The summed E-state index contributed by atoms with van der Waals surface area (Å²) in [5.41, 5.74) is 14.9. The first kappa shape index (κ1) is 31.4. The molecule has 13 aromatic rings. The zero-order chi connectivity index (χ0) is 37.9. The fourth-order valence-corrected chi connectivity index (χ4v) is 9.72. The molecule has 0 fully saturated rings. The van der Waals surface area contributed by atoms with E-state index in [1.807, 2.05) is 18.2 Å². The third-order valence-corrected chi connectivity index (χ3v) is 12.1. The van der Waals surface area contributed by atoms with Crippen LogP contribution in [-0.4, -0.2) is 9.13 Å². The Morgan fingerprint density at radius 2 is 0.914 bits per heavy atom. The van der Waals surface area contributed by atoms with Crippen LogP contribution in [0.2, 0.25) is 0 Å². The van der Waals surface area contributed by atoms with Gasteiger partial charge in [0.25, 0.3) is 0 Å². The highest BCUT2D eigenvalue weighted by Crippen LogP contribution is 2.49. The number of furan rings is 2. The molecule has 4 heterocycles. The van der Waals surface area contributed by atoms with Crippen LogP contribution in [0.3, 0.4) is 0 Å². The van der Waals surface area contributed by atoms with Gasteiger partial charge in [-0.1, -0.05) is 133 Å². The van der Waals surface area contributed by atoms with E-state index >= 15 is 0 Å². The van der Waals surface area contributed by atoms with Crippen molar-refractivity contribution in [3.8, 4) is 33.6 Å². The molecule has 0 radical (unpaired) electrons. The number of nitrogens with zero attached hydrogens (tertiary/aromatic N) is 2. The molecule has 0 atom stereocenters. The van der Waals surface area contributed by atoms with Crippen LogP contribution in [0.25, 0.3) is 121 Å². The van der Waals surface area contributed by atoms with Gasteiger partial charge < -0.3 is 18.0 Å². The van der Waals surface area contributed by atoms with Crippen LogP contribution < -0.4 is 0 Å². The highest BCUT2D eigenvalue weighted by molar-refractivity contribution is 6.24. The molecule has 270 valence electrons. The van der Waals surface area contributed by atoms with E-state index in [2.05, 4.69) is 185 Å². The molecule has 4 nitrogen and oxygen atoms in total. The van der Waals surface area contributed by atoms with Crippen molar-refractivity contribution in [2.24, 2.45) is 0 Å². The Kier molecular flexibility index (Phi) is 6.41. The molecule has 0 unspecified atom stereocenters. The van der Waals surface area contributed by atoms with Gasteiger partial charge in [-0.25, -0.2) is 0 Å². The normalized spacial score (nSPS) is 12.1. The van der Waals surface area contributed by atoms with E-state index in [-0.39, 0.29) is 0 Å². The van der Waals surface area contributed by atoms with E-state index in [0.29, 0.717) is 0 Å². The topological polar surface area (TPSA) is 36.1 Å². The number of rotatable bonds is 4. The summed E-state index contributed by atoms with van der Waals surface area (Å²) in [6, 6.07) is 69.6. The molecule has 0 saturated heterocycles. The Balaban J connectivity index is 1.22. The van der Waals surface area contributed by atoms with E-state index in [1.54, 1.807) is 0 Å². The van der Waals surface area contributed by atoms with Crippen molar-refractivity contribution in [2.45, 2.75) is 0 Å². The maximum Gasteiger partial charge on any atom is 0.143 e. The quantitative estimate of drug-likeness (QED) is 0.180. The van der Waals surface area contributed by atoms with Gasteiger partial charge in [0.2, 0.25) is 0 Å². The van der Waals surface area contributed by atoms with E-state index < -0.39 is 0 Å². The van der Waals surface area contributed by atoms with Crippen molar-refractivity contribution in [1.82, 2.24) is 9.13 Å². The summed E-state index contributed by atoms with van der Waals surface area (Å²) < 4.78 is 18.0. The molecule has 0 bridgehead atoms. The van der Waals surface area contributed by atoms with Crippen molar-refractivity contribution in [3.63, 3.8) is 0 Å². The average molecular weight is 741 g/mol. The average Bonchev–Trinajstić information content (AvgIpc) is 4.04. The van der Waals surface area contributed by atoms with E-state index in [0.717, 1.165) is 94.0 Å². The second-order valence-corrected chi connectivity index (χ2v) is 15.2. The number of aromatic nitrogens is 2. The molecule has 4 aromatic heterocycles. The van der Waals surface area contributed by atoms with E-state index in [9.17, 15) is 0 Å². The van der Waals surface area contributed by atoms with Crippen molar-refractivity contribution >= 4 is 87.5 Å². The minimum absolute atomic E-state index is 0.880. The molecule has 4 heteroatoms. The summed E-state index contributed by atoms with van der Waals surface area (Å²) in [6.45, 7) is 0. The molecule has 0 N–H and O–H groups in total. The van der Waals surface area contributed by atoms with Gasteiger partial charge in [-0.15, -0.1) is 0 Å². The molecule has 0 amide bonds. The van der Waals surface area contributed by atoms with Crippen molar-refractivity contribution in [1.29, 1.82) is 0 Å². The van der Waals surface area contributed by atoms with Crippen molar-refractivity contribution in [3.05, 3.63) is 194 Å². The highest BCUT2D eigenvalue weighted by atomic mass is 16.3. The molecule has 0 aliphatic heterocycles. The smallest absolute Gasteiger partial charge is 0.143 e. The van der Waals surface area contributed by atoms with Gasteiger partial charge in [0.15, 0.2) is 0 Å². The Morgan fingerprint density at radius 1 is 0.310 bits per heavy atom. The lowest BCUT2D eigenvalue weighted by Gasteiger charge is -2.17. The van der Waals surface area contributed by atoms with Gasteiger partial charge in [0.05, 0.1) is 22.1 Å². The van der Waals surface area contributed by atoms with Crippen LogP contribution in [-0.2, 0) is 0 Å². The van der Waals surface area contributed by atoms with E-state index in [1.165, 1.54) is 27.1 Å². The maximum absolute atomic E-state index is 6.78. The summed E-state index contributed by atoms with van der Waals surface area (Å²) in [6.07, 6.45) is 0. The zero-order valence-electron chi connectivity index (χ0n) is 31.2. The largest absolute Gasteiger partial charge is 0.456 e. The van der Waals surface area contributed by atoms with Gasteiger partial charge in [0, 0.05) is 71.2 Å². The molecule has 13 rings (SSSR count). The van der Waals surface area contributed by atoms with Crippen LogP contribution in [0.1, 0.15) is 0 Å². The third kappa shape index (κ3) is 4.29.